The van der Waals surface area contributed by atoms with Gasteiger partial charge < -0.3 is 10.4 Å². The summed E-state index contributed by atoms with van der Waals surface area (Å²) in [7, 11) is 0. The Kier molecular flexibility index (Phi) is 6.83. The molecule has 1 aliphatic rings. The van der Waals surface area contributed by atoms with Crippen LogP contribution >= 0.6 is 0 Å². The average molecular weight is 239 g/mol. The van der Waals surface area contributed by atoms with Crippen molar-refractivity contribution < 1.29 is 5.11 Å². The molecule has 0 aromatic carbocycles. The summed E-state index contributed by atoms with van der Waals surface area (Å²) in [6.07, 6.45) is 9.25. The fourth-order valence-corrected chi connectivity index (χ4v) is 2.50. The second-order valence-electron chi connectivity index (χ2n) is 5.78. The standard InChI is InChI=1S/C15H29NO/c1-12(2)7-6-8-13(3)16-11-14-9-4-5-10-15(14)17/h7,13-17H,4-6,8-11H2,1-3H3/t13?,14-,15-/m1/s1. The van der Waals surface area contributed by atoms with Gasteiger partial charge in [0.25, 0.3) is 0 Å². The lowest BCUT2D eigenvalue weighted by Crippen LogP contribution is -2.37. The lowest BCUT2D eigenvalue weighted by Gasteiger charge is -2.29. The summed E-state index contributed by atoms with van der Waals surface area (Å²) in [5.74, 6) is 0.481. The predicted octanol–water partition coefficient (Wildman–Crippen LogP) is 3.26. The van der Waals surface area contributed by atoms with Crippen molar-refractivity contribution in [3.05, 3.63) is 11.6 Å². The number of hydrogen-bond acceptors (Lipinski definition) is 2. The van der Waals surface area contributed by atoms with E-state index in [9.17, 15) is 5.11 Å². The third kappa shape index (κ3) is 6.23. The molecule has 2 heteroatoms. The number of rotatable bonds is 6. The van der Waals surface area contributed by atoms with Crippen LogP contribution in [0.1, 0.15) is 59.3 Å². The van der Waals surface area contributed by atoms with E-state index in [1.165, 1.54) is 31.3 Å². The van der Waals surface area contributed by atoms with Crippen molar-refractivity contribution >= 4 is 0 Å². The molecule has 0 aliphatic heterocycles. The summed E-state index contributed by atoms with van der Waals surface area (Å²) >= 11 is 0. The zero-order chi connectivity index (χ0) is 12.7. The van der Waals surface area contributed by atoms with Crippen LogP contribution in [-0.4, -0.2) is 23.8 Å². The summed E-state index contributed by atoms with van der Waals surface area (Å²) < 4.78 is 0. The number of allylic oxidation sites excluding steroid dienone is 2. The Morgan fingerprint density at radius 2 is 2.06 bits per heavy atom. The number of hydrogen-bond donors (Lipinski definition) is 2. The van der Waals surface area contributed by atoms with Gasteiger partial charge in [-0.3, -0.25) is 0 Å². The van der Waals surface area contributed by atoms with Crippen molar-refractivity contribution in [1.82, 2.24) is 5.32 Å². The van der Waals surface area contributed by atoms with Crippen LogP contribution in [0.25, 0.3) is 0 Å². The van der Waals surface area contributed by atoms with E-state index in [4.69, 9.17) is 0 Å². The Morgan fingerprint density at radius 1 is 1.35 bits per heavy atom. The predicted molar refractivity (Wildman–Crippen MR) is 74.1 cm³/mol. The van der Waals surface area contributed by atoms with Crippen molar-refractivity contribution in [2.24, 2.45) is 5.92 Å². The van der Waals surface area contributed by atoms with Crippen LogP contribution < -0.4 is 5.32 Å². The van der Waals surface area contributed by atoms with Crippen molar-refractivity contribution in [3.63, 3.8) is 0 Å². The molecule has 1 rings (SSSR count). The van der Waals surface area contributed by atoms with Crippen LogP contribution in [0.3, 0.4) is 0 Å². The second-order valence-corrected chi connectivity index (χ2v) is 5.78. The van der Waals surface area contributed by atoms with Crippen molar-refractivity contribution in [1.29, 1.82) is 0 Å². The van der Waals surface area contributed by atoms with Gasteiger partial charge in [0.1, 0.15) is 0 Å². The molecule has 1 unspecified atom stereocenters. The van der Waals surface area contributed by atoms with E-state index < -0.39 is 0 Å². The van der Waals surface area contributed by atoms with Gasteiger partial charge in [0, 0.05) is 12.6 Å². The maximum atomic E-state index is 9.88. The first-order valence-electron chi connectivity index (χ1n) is 7.14. The lowest BCUT2D eigenvalue weighted by molar-refractivity contribution is 0.0683. The SMILES string of the molecule is CC(C)=CCCC(C)NC[C@H]1CCCC[C@H]1O. The topological polar surface area (TPSA) is 32.3 Å². The van der Waals surface area contributed by atoms with E-state index >= 15 is 0 Å². The van der Waals surface area contributed by atoms with Gasteiger partial charge in [-0.2, -0.15) is 0 Å². The highest BCUT2D eigenvalue weighted by atomic mass is 16.3. The van der Waals surface area contributed by atoms with Crippen molar-refractivity contribution in [2.45, 2.75) is 71.4 Å². The molecule has 0 aromatic heterocycles. The van der Waals surface area contributed by atoms with Crippen molar-refractivity contribution in [3.8, 4) is 0 Å². The molecule has 0 radical (unpaired) electrons. The Bertz CT molecular complexity index is 233. The first-order chi connectivity index (χ1) is 8.09. The highest BCUT2D eigenvalue weighted by Gasteiger charge is 2.22. The zero-order valence-electron chi connectivity index (χ0n) is 11.7. The normalized spacial score (nSPS) is 26.6. The smallest absolute Gasteiger partial charge is 0.0580 e. The Hall–Kier alpha value is -0.340. The molecule has 0 heterocycles. The minimum atomic E-state index is -0.0683. The van der Waals surface area contributed by atoms with Crippen LogP contribution in [0.2, 0.25) is 0 Å². The van der Waals surface area contributed by atoms with Gasteiger partial charge in [-0.15, -0.1) is 0 Å². The van der Waals surface area contributed by atoms with Gasteiger partial charge in [-0.1, -0.05) is 24.5 Å². The van der Waals surface area contributed by atoms with Crippen LogP contribution in [-0.2, 0) is 0 Å². The van der Waals surface area contributed by atoms with Crippen LogP contribution in [0.4, 0.5) is 0 Å². The molecule has 2 nitrogen and oxygen atoms in total. The first-order valence-corrected chi connectivity index (χ1v) is 7.14. The first kappa shape index (κ1) is 14.7. The second kappa shape index (κ2) is 7.88. The van der Waals surface area contributed by atoms with Crippen molar-refractivity contribution in [2.75, 3.05) is 6.54 Å². The molecule has 0 amide bonds. The molecule has 0 aromatic rings. The monoisotopic (exact) mass is 239 g/mol. The maximum absolute atomic E-state index is 9.88. The molecular weight excluding hydrogens is 210 g/mol. The van der Waals surface area contributed by atoms with E-state index in [-0.39, 0.29) is 6.10 Å². The Labute approximate surface area is 106 Å². The molecule has 100 valence electrons. The zero-order valence-corrected chi connectivity index (χ0v) is 11.7. The summed E-state index contributed by atoms with van der Waals surface area (Å²) in [6, 6.07) is 0.555. The van der Waals surface area contributed by atoms with Gasteiger partial charge in [-0.05, 0) is 52.4 Å². The third-order valence-electron chi connectivity index (χ3n) is 3.75. The maximum Gasteiger partial charge on any atom is 0.0580 e. The van der Waals surface area contributed by atoms with Gasteiger partial charge >= 0.3 is 0 Å². The molecule has 17 heavy (non-hydrogen) atoms. The number of aliphatic hydroxyl groups is 1. The minimum absolute atomic E-state index is 0.0683. The van der Waals surface area contributed by atoms with Crippen LogP contribution in [0, 0.1) is 5.92 Å². The fourth-order valence-electron chi connectivity index (χ4n) is 2.50. The molecule has 1 fully saturated rings. The molecule has 0 saturated heterocycles. The summed E-state index contributed by atoms with van der Waals surface area (Å²) in [6.45, 7) is 7.53. The summed E-state index contributed by atoms with van der Waals surface area (Å²) in [4.78, 5) is 0. The van der Waals surface area contributed by atoms with Gasteiger partial charge in [0.05, 0.1) is 6.10 Å². The van der Waals surface area contributed by atoms with Gasteiger partial charge in [-0.25, -0.2) is 0 Å². The molecule has 1 aliphatic carbocycles. The molecular formula is C15H29NO. The summed E-state index contributed by atoms with van der Waals surface area (Å²) in [5.41, 5.74) is 1.40. The average Bonchev–Trinajstić information content (AvgIpc) is 2.27. The van der Waals surface area contributed by atoms with Gasteiger partial charge in [0.2, 0.25) is 0 Å². The molecule has 3 atom stereocenters. The van der Waals surface area contributed by atoms with E-state index in [0.29, 0.717) is 12.0 Å². The highest BCUT2D eigenvalue weighted by Crippen LogP contribution is 2.23. The quantitative estimate of drug-likeness (QED) is 0.697. The lowest BCUT2D eigenvalue weighted by atomic mass is 9.86. The Morgan fingerprint density at radius 3 is 2.71 bits per heavy atom. The molecule has 0 spiro atoms. The Balaban J connectivity index is 2.14. The van der Waals surface area contributed by atoms with E-state index in [2.05, 4.69) is 32.2 Å². The number of aliphatic hydroxyl groups excluding tert-OH is 1. The largest absolute Gasteiger partial charge is 0.393 e. The summed E-state index contributed by atoms with van der Waals surface area (Å²) in [5, 5.41) is 13.4. The molecule has 0 bridgehead atoms. The van der Waals surface area contributed by atoms with E-state index in [0.717, 1.165) is 19.4 Å². The van der Waals surface area contributed by atoms with Crippen LogP contribution in [0.5, 0.6) is 0 Å². The third-order valence-corrected chi connectivity index (χ3v) is 3.75. The van der Waals surface area contributed by atoms with E-state index in [1.54, 1.807) is 0 Å². The molecule has 1 saturated carbocycles. The fraction of sp³-hybridized carbons (Fsp3) is 0.867. The van der Waals surface area contributed by atoms with E-state index in [1.807, 2.05) is 0 Å². The highest BCUT2D eigenvalue weighted by molar-refractivity contribution is 4.93. The van der Waals surface area contributed by atoms with Crippen LogP contribution in [0.15, 0.2) is 11.6 Å². The number of nitrogens with one attached hydrogen (secondary N) is 1. The van der Waals surface area contributed by atoms with Gasteiger partial charge in [0.15, 0.2) is 0 Å². The molecule has 2 N–H and O–H groups in total. The minimum Gasteiger partial charge on any atom is -0.393 e.